The molecule has 0 aliphatic heterocycles. The number of hydrogen-bond donors (Lipinski definition) is 0. The Labute approximate surface area is 141 Å². The van der Waals surface area contributed by atoms with Crippen LogP contribution in [0, 0.1) is 10.1 Å². The number of non-ortho nitro benzene ring substituents is 1. The van der Waals surface area contributed by atoms with Crippen LogP contribution in [0.15, 0.2) is 29.6 Å². The molecule has 0 saturated heterocycles. The zero-order chi connectivity index (χ0) is 17.0. The highest BCUT2D eigenvalue weighted by Crippen LogP contribution is 2.26. The predicted octanol–water partition coefficient (Wildman–Crippen LogP) is 4.37. The Morgan fingerprint density at radius 2 is 2.04 bits per heavy atom. The summed E-state index contributed by atoms with van der Waals surface area (Å²) in [4.78, 5) is 17.5. The van der Waals surface area contributed by atoms with Gasteiger partial charge in [-0.15, -0.1) is 11.3 Å². The van der Waals surface area contributed by atoms with Gasteiger partial charge in [-0.05, 0) is 12.1 Å². The van der Waals surface area contributed by atoms with Gasteiger partial charge in [-0.1, -0.05) is 39.8 Å². The Morgan fingerprint density at radius 1 is 1.30 bits per heavy atom. The maximum atomic E-state index is 10.9. The molecule has 0 aliphatic rings. The largest absolute Gasteiger partial charge is 0.294 e. The van der Waals surface area contributed by atoms with Crippen molar-refractivity contribution in [2.75, 3.05) is 6.54 Å². The number of hydrogen-bond acceptors (Lipinski definition) is 5. The molecule has 1 aromatic carbocycles. The quantitative estimate of drug-likeness (QED) is 0.582. The molecule has 124 valence electrons. The van der Waals surface area contributed by atoms with Gasteiger partial charge in [0.05, 0.1) is 15.6 Å². The van der Waals surface area contributed by atoms with E-state index in [4.69, 9.17) is 4.98 Å². The van der Waals surface area contributed by atoms with E-state index >= 15 is 0 Å². The fraction of sp³-hybridized carbons (Fsp3) is 0.471. The summed E-state index contributed by atoms with van der Waals surface area (Å²) < 4.78 is 0. The molecule has 0 amide bonds. The van der Waals surface area contributed by atoms with Crippen LogP contribution >= 0.6 is 11.3 Å². The van der Waals surface area contributed by atoms with Gasteiger partial charge in [-0.2, -0.15) is 0 Å². The summed E-state index contributed by atoms with van der Waals surface area (Å²) in [5, 5.41) is 14.1. The summed E-state index contributed by atoms with van der Waals surface area (Å²) in [5.41, 5.74) is 2.22. The molecule has 23 heavy (non-hydrogen) atoms. The highest BCUT2D eigenvalue weighted by atomic mass is 32.1. The molecule has 1 heterocycles. The molecule has 0 N–H and O–H groups in total. The number of benzene rings is 1. The van der Waals surface area contributed by atoms with Crippen LogP contribution in [0.1, 0.15) is 44.0 Å². The monoisotopic (exact) mass is 333 g/mol. The lowest BCUT2D eigenvalue weighted by Gasteiger charge is -2.19. The topological polar surface area (TPSA) is 59.3 Å². The minimum Gasteiger partial charge on any atom is -0.294 e. The van der Waals surface area contributed by atoms with Crippen LogP contribution in [-0.2, 0) is 18.5 Å². The van der Waals surface area contributed by atoms with Gasteiger partial charge < -0.3 is 0 Å². The molecule has 6 heteroatoms. The third kappa shape index (κ3) is 4.84. The van der Waals surface area contributed by atoms with Crippen molar-refractivity contribution in [3.8, 4) is 0 Å². The van der Waals surface area contributed by atoms with Crippen LogP contribution in [0.25, 0.3) is 0 Å². The van der Waals surface area contributed by atoms with Gasteiger partial charge in [0.1, 0.15) is 0 Å². The highest BCUT2D eigenvalue weighted by molar-refractivity contribution is 7.09. The van der Waals surface area contributed by atoms with Crippen molar-refractivity contribution >= 4 is 17.0 Å². The summed E-state index contributed by atoms with van der Waals surface area (Å²) in [6, 6.07) is 6.83. The molecular weight excluding hydrogens is 310 g/mol. The molecule has 0 bridgehead atoms. The first-order valence-electron chi connectivity index (χ1n) is 7.70. The zero-order valence-corrected chi connectivity index (χ0v) is 14.9. The summed E-state index contributed by atoms with van der Waals surface area (Å²) in [7, 11) is 0. The lowest BCUT2D eigenvalue weighted by Crippen LogP contribution is -2.22. The number of thiazole rings is 1. The van der Waals surface area contributed by atoms with Crippen molar-refractivity contribution in [2.24, 2.45) is 0 Å². The van der Waals surface area contributed by atoms with Gasteiger partial charge in [-0.25, -0.2) is 4.98 Å². The van der Waals surface area contributed by atoms with Gasteiger partial charge >= 0.3 is 0 Å². The second kappa shape index (κ2) is 7.19. The molecule has 0 saturated carbocycles. The fourth-order valence-corrected chi connectivity index (χ4v) is 3.16. The molecular formula is C17H23N3O2S. The molecule has 0 unspecified atom stereocenters. The molecule has 1 aromatic heterocycles. The van der Waals surface area contributed by atoms with Crippen molar-refractivity contribution in [3.63, 3.8) is 0 Å². The molecule has 0 fully saturated rings. The fourth-order valence-electron chi connectivity index (χ4n) is 2.26. The average molecular weight is 333 g/mol. The molecule has 0 aliphatic carbocycles. The van der Waals surface area contributed by atoms with Crippen molar-refractivity contribution in [3.05, 3.63) is 56.0 Å². The number of aromatic nitrogens is 1. The Hall–Kier alpha value is -1.79. The van der Waals surface area contributed by atoms with Crippen molar-refractivity contribution in [2.45, 2.75) is 46.2 Å². The number of nitro benzene ring substituents is 1. The SMILES string of the molecule is CCN(Cc1cccc([N+](=O)[O-])c1)Cc1csc(C(C)(C)C)n1. The van der Waals surface area contributed by atoms with Crippen molar-refractivity contribution in [1.29, 1.82) is 0 Å². The molecule has 2 aromatic rings. The van der Waals surface area contributed by atoms with E-state index in [9.17, 15) is 10.1 Å². The van der Waals surface area contributed by atoms with Gasteiger partial charge in [-0.3, -0.25) is 15.0 Å². The highest BCUT2D eigenvalue weighted by Gasteiger charge is 2.18. The van der Waals surface area contributed by atoms with Gasteiger partial charge in [0.15, 0.2) is 0 Å². The lowest BCUT2D eigenvalue weighted by atomic mass is 9.98. The van der Waals surface area contributed by atoms with Crippen molar-refractivity contribution < 1.29 is 4.92 Å². The Morgan fingerprint density at radius 3 is 2.61 bits per heavy atom. The predicted molar refractivity (Wildman–Crippen MR) is 93.7 cm³/mol. The van der Waals surface area contributed by atoms with E-state index in [0.29, 0.717) is 6.54 Å². The Bertz CT molecular complexity index is 676. The number of nitrogens with zero attached hydrogens (tertiary/aromatic N) is 3. The van der Waals surface area contributed by atoms with E-state index in [2.05, 4.69) is 38.0 Å². The maximum absolute atomic E-state index is 10.9. The first-order valence-corrected chi connectivity index (χ1v) is 8.58. The second-order valence-electron chi connectivity index (χ2n) is 6.62. The van der Waals surface area contributed by atoms with Crippen LogP contribution in [-0.4, -0.2) is 21.4 Å². The molecule has 0 spiro atoms. The Kier molecular flexibility index (Phi) is 5.49. The lowest BCUT2D eigenvalue weighted by molar-refractivity contribution is -0.384. The van der Waals surface area contributed by atoms with E-state index < -0.39 is 0 Å². The van der Waals surface area contributed by atoms with Gasteiger partial charge in [0.2, 0.25) is 0 Å². The smallest absolute Gasteiger partial charge is 0.269 e. The minimum atomic E-state index is -0.351. The van der Waals surface area contributed by atoms with E-state index in [-0.39, 0.29) is 16.0 Å². The number of nitro groups is 1. The second-order valence-corrected chi connectivity index (χ2v) is 7.48. The maximum Gasteiger partial charge on any atom is 0.269 e. The minimum absolute atomic E-state index is 0.0694. The Balaban J connectivity index is 2.07. The first kappa shape index (κ1) is 17.6. The standard InChI is InChI=1S/C17H23N3O2S/c1-5-19(10-13-7-6-8-15(9-13)20(21)22)11-14-12-23-16(18-14)17(2,3)4/h6-9,12H,5,10-11H2,1-4H3. The van der Waals surface area contributed by atoms with E-state index in [1.54, 1.807) is 23.5 Å². The third-order valence-corrected chi connectivity index (χ3v) is 4.87. The molecule has 0 radical (unpaired) electrons. The molecule has 0 atom stereocenters. The van der Waals surface area contributed by atoms with Crippen molar-refractivity contribution in [1.82, 2.24) is 9.88 Å². The summed E-state index contributed by atoms with van der Waals surface area (Å²) >= 11 is 1.69. The third-order valence-electron chi connectivity index (χ3n) is 3.55. The molecule has 5 nitrogen and oxygen atoms in total. The van der Waals surface area contributed by atoms with Crippen LogP contribution in [0.3, 0.4) is 0 Å². The zero-order valence-electron chi connectivity index (χ0n) is 14.1. The van der Waals surface area contributed by atoms with E-state index in [1.165, 1.54) is 6.07 Å². The van der Waals surface area contributed by atoms with Crippen LogP contribution in [0.2, 0.25) is 0 Å². The van der Waals surface area contributed by atoms with Crippen LogP contribution in [0.5, 0.6) is 0 Å². The van der Waals surface area contributed by atoms with E-state index in [0.717, 1.165) is 29.4 Å². The van der Waals surface area contributed by atoms with E-state index in [1.807, 2.05) is 6.07 Å². The normalized spacial score (nSPS) is 11.9. The summed E-state index contributed by atoms with van der Waals surface area (Å²) in [6.07, 6.45) is 0. The first-order chi connectivity index (χ1) is 10.8. The molecule has 2 rings (SSSR count). The van der Waals surface area contributed by atoms with Gasteiger partial charge in [0.25, 0.3) is 5.69 Å². The van der Waals surface area contributed by atoms with Crippen LogP contribution < -0.4 is 0 Å². The number of rotatable bonds is 6. The summed E-state index contributed by atoms with van der Waals surface area (Å²) in [6.45, 7) is 10.9. The average Bonchev–Trinajstić information content (AvgIpc) is 2.95. The van der Waals surface area contributed by atoms with Crippen LogP contribution in [0.4, 0.5) is 5.69 Å². The summed E-state index contributed by atoms with van der Waals surface area (Å²) in [5.74, 6) is 0. The van der Waals surface area contributed by atoms with Gasteiger partial charge in [0, 0.05) is 36.0 Å².